The Morgan fingerprint density at radius 1 is 1.60 bits per heavy atom. The zero-order valence-electron chi connectivity index (χ0n) is 9.05. The molecular weight excluding hydrogens is 256 g/mol. The summed E-state index contributed by atoms with van der Waals surface area (Å²) in [6.45, 7) is 2.18. The Balaban J connectivity index is 2.57. The van der Waals surface area contributed by atoms with Crippen LogP contribution in [-0.4, -0.2) is 16.8 Å². The first-order valence-electron chi connectivity index (χ1n) is 5.44. The normalized spacial score (nSPS) is 30.6. The van der Waals surface area contributed by atoms with Crippen LogP contribution in [-0.2, 0) is 4.79 Å². The van der Waals surface area contributed by atoms with E-state index < -0.39 is 5.54 Å². The molecule has 0 aromatic heterocycles. The summed E-state index contributed by atoms with van der Waals surface area (Å²) in [4.78, 5) is 11.3. The van der Waals surface area contributed by atoms with E-state index in [1.807, 2.05) is 0 Å². The summed E-state index contributed by atoms with van der Waals surface area (Å²) in [7, 11) is 0. The number of nitrogens with zero attached hydrogens (tertiary/aromatic N) is 1. The Kier molecular flexibility index (Phi) is 4.59. The molecule has 1 aliphatic carbocycles. The van der Waals surface area contributed by atoms with Crippen molar-refractivity contribution in [2.24, 2.45) is 5.92 Å². The number of hydrogen-bond donors (Lipinski definition) is 1. The number of halogens is 1. The topological polar surface area (TPSA) is 52.9 Å². The quantitative estimate of drug-likeness (QED) is 0.802. The number of nitrogens with one attached hydrogen (secondary N) is 1. The highest BCUT2D eigenvalue weighted by molar-refractivity contribution is 9.09. The van der Waals surface area contributed by atoms with Crippen LogP contribution in [0.2, 0.25) is 0 Å². The number of carbonyl (C=O) groups is 1. The average molecular weight is 273 g/mol. The van der Waals surface area contributed by atoms with E-state index in [1.54, 1.807) is 0 Å². The lowest BCUT2D eigenvalue weighted by molar-refractivity contribution is -0.120. The molecule has 0 saturated heterocycles. The molecule has 0 unspecified atom stereocenters. The highest BCUT2D eigenvalue weighted by atomic mass is 79.9. The first-order valence-corrected chi connectivity index (χ1v) is 6.56. The van der Waals surface area contributed by atoms with Gasteiger partial charge in [-0.3, -0.25) is 4.79 Å². The van der Waals surface area contributed by atoms with Gasteiger partial charge in [-0.15, -0.1) is 0 Å². The van der Waals surface area contributed by atoms with Crippen molar-refractivity contribution < 1.29 is 4.79 Å². The van der Waals surface area contributed by atoms with Crippen molar-refractivity contribution in [3.05, 3.63) is 0 Å². The van der Waals surface area contributed by atoms with Crippen LogP contribution in [0.15, 0.2) is 0 Å². The summed E-state index contributed by atoms with van der Waals surface area (Å²) >= 11 is 3.10. The fourth-order valence-electron chi connectivity index (χ4n) is 2.14. The molecule has 1 rings (SSSR count). The predicted molar refractivity (Wildman–Crippen MR) is 62.5 cm³/mol. The summed E-state index contributed by atoms with van der Waals surface area (Å²) < 4.78 is 0. The standard InChI is InChI=1S/C11H17BrN2O/c1-2-9-3-5-11(8-13,6-4-9)14-10(15)7-12/h9H,2-7H2,1H3,(H,14,15). The van der Waals surface area contributed by atoms with Crippen LogP contribution in [0, 0.1) is 17.2 Å². The van der Waals surface area contributed by atoms with Crippen LogP contribution >= 0.6 is 15.9 Å². The van der Waals surface area contributed by atoms with E-state index in [4.69, 9.17) is 5.26 Å². The van der Waals surface area contributed by atoms with Gasteiger partial charge in [0.1, 0.15) is 5.54 Å². The highest BCUT2D eigenvalue weighted by Gasteiger charge is 2.35. The molecule has 15 heavy (non-hydrogen) atoms. The number of alkyl halides is 1. The zero-order valence-corrected chi connectivity index (χ0v) is 10.6. The fraction of sp³-hybridized carbons (Fsp3) is 0.818. The number of amides is 1. The maximum Gasteiger partial charge on any atom is 0.231 e. The third kappa shape index (κ3) is 3.20. The minimum atomic E-state index is -0.601. The molecule has 1 fully saturated rings. The Morgan fingerprint density at radius 2 is 2.20 bits per heavy atom. The monoisotopic (exact) mass is 272 g/mol. The van der Waals surface area contributed by atoms with Gasteiger partial charge in [0, 0.05) is 0 Å². The van der Waals surface area contributed by atoms with Gasteiger partial charge in [0.05, 0.1) is 11.4 Å². The van der Waals surface area contributed by atoms with E-state index in [-0.39, 0.29) is 11.2 Å². The summed E-state index contributed by atoms with van der Waals surface area (Å²) in [5.41, 5.74) is -0.601. The van der Waals surface area contributed by atoms with Crippen molar-refractivity contribution in [1.29, 1.82) is 5.26 Å². The molecule has 3 nitrogen and oxygen atoms in total. The number of hydrogen-bond acceptors (Lipinski definition) is 2. The molecule has 4 heteroatoms. The van der Waals surface area contributed by atoms with Gasteiger partial charge in [-0.25, -0.2) is 0 Å². The minimum absolute atomic E-state index is 0.0912. The molecule has 0 radical (unpaired) electrons. The molecule has 1 aliphatic rings. The van der Waals surface area contributed by atoms with Gasteiger partial charge in [-0.1, -0.05) is 29.3 Å². The van der Waals surface area contributed by atoms with Crippen LogP contribution in [0.1, 0.15) is 39.0 Å². The molecule has 0 aromatic rings. The summed E-state index contributed by atoms with van der Waals surface area (Å²) in [5, 5.41) is 12.3. The third-order valence-electron chi connectivity index (χ3n) is 3.25. The van der Waals surface area contributed by atoms with Crippen molar-refractivity contribution in [1.82, 2.24) is 5.32 Å². The van der Waals surface area contributed by atoms with E-state index in [0.29, 0.717) is 0 Å². The molecule has 0 aliphatic heterocycles. The lowest BCUT2D eigenvalue weighted by atomic mass is 9.76. The second-order valence-electron chi connectivity index (χ2n) is 4.23. The van der Waals surface area contributed by atoms with E-state index >= 15 is 0 Å². The first-order chi connectivity index (χ1) is 7.15. The van der Waals surface area contributed by atoms with Crippen LogP contribution in [0.5, 0.6) is 0 Å². The van der Waals surface area contributed by atoms with Gasteiger partial charge in [-0.05, 0) is 31.6 Å². The molecule has 84 valence electrons. The van der Waals surface area contributed by atoms with E-state index in [1.165, 1.54) is 6.42 Å². The van der Waals surface area contributed by atoms with Gasteiger partial charge in [0.2, 0.25) is 5.91 Å². The Morgan fingerprint density at radius 3 is 2.60 bits per heavy atom. The number of rotatable bonds is 3. The lowest BCUT2D eigenvalue weighted by Crippen LogP contribution is -2.50. The molecule has 0 spiro atoms. The maximum atomic E-state index is 11.3. The highest BCUT2D eigenvalue weighted by Crippen LogP contribution is 2.33. The summed E-state index contributed by atoms with van der Waals surface area (Å²) in [6.07, 6.45) is 4.86. The summed E-state index contributed by atoms with van der Waals surface area (Å²) in [6, 6.07) is 2.27. The van der Waals surface area contributed by atoms with Crippen LogP contribution < -0.4 is 5.32 Å². The second kappa shape index (κ2) is 5.50. The van der Waals surface area contributed by atoms with Gasteiger partial charge < -0.3 is 5.32 Å². The van der Waals surface area contributed by atoms with Gasteiger partial charge in [-0.2, -0.15) is 5.26 Å². The van der Waals surface area contributed by atoms with Crippen LogP contribution in [0.3, 0.4) is 0 Å². The Labute approximate surface area is 99.4 Å². The van der Waals surface area contributed by atoms with Gasteiger partial charge in [0.25, 0.3) is 0 Å². The van der Waals surface area contributed by atoms with Crippen LogP contribution in [0.4, 0.5) is 0 Å². The zero-order chi connectivity index (χ0) is 11.3. The third-order valence-corrected chi connectivity index (χ3v) is 3.76. The van der Waals surface area contributed by atoms with Crippen LogP contribution in [0.25, 0.3) is 0 Å². The van der Waals surface area contributed by atoms with E-state index in [0.717, 1.165) is 31.6 Å². The predicted octanol–water partition coefficient (Wildman–Crippen LogP) is 2.36. The van der Waals surface area contributed by atoms with Crippen molar-refractivity contribution >= 4 is 21.8 Å². The van der Waals surface area contributed by atoms with Crippen molar-refractivity contribution in [2.45, 2.75) is 44.6 Å². The van der Waals surface area contributed by atoms with E-state index in [9.17, 15) is 4.79 Å². The molecule has 0 heterocycles. The van der Waals surface area contributed by atoms with E-state index in [2.05, 4.69) is 34.2 Å². The fourth-order valence-corrected chi connectivity index (χ4v) is 2.28. The Bertz CT molecular complexity index is 264. The lowest BCUT2D eigenvalue weighted by Gasteiger charge is -2.35. The minimum Gasteiger partial charge on any atom is -0.337 e. The first kappa shape index (κ1) is 12.5. The largest absolute Gasteiger partial charge is 0.337 e. The molecule has 0 bridgehead atoms. The van der Waals surface area contributed by atoms with Crippen molar-refractivity contribution in [3.8, 4) is 6.07 Å². The second-order valence-corrected chi connectivity index (χ2v) is 4.79. The molecular formula is C11H17BrN2O. The maximum absolute atomic E-state index is 11.3. The molecule has 0 atom stereocenters. The number of nitriles is 1. The van der Waals surface area contributed by atoms with Crippen molar-refractivity contribution in [2.75, 3.05) is 5.33 Å². The molecule has 1 saturated carbocycles. The average Bonchev–Trinajstić information content (AvgIpc) is 2.30. The molecule has 0 aromatic carbocycles. The van der Waals surface area contributed by atoms with Gasteiger partial charge >= 0.3 is 0 Å². The molecule has 1 amide bonds. The Hall–Kier alpha value is -0.560. The molecule has 1 N–H and O–H groups in total. The van der Waals surface area contributed by atoms with Crippen molar-refractivity contribution in [3.63, 3.8) is 0 Å². The summed E-state index contributed by atoms with van der Waals surface area (Å²) in [5.74, 6) is 0.638. The smallest absolute Gasteiger partial charge is 0.231 e. The van der Waals surface area contributed by atoms with Gasteiger partial charge in [0.15, 0.2) is 0 Å². The SMILES string of the molecule is CCC1CCC(C#N)(NC(=O)CBr)CC1. The number of carbonyl (C=O) groups excluding carboxylic acids is 1.